The Morgan fingerprint density at radius 2 is 2.21 bits per heavy atom. The van der Waals surface area contributed by atoms with Gasteiger partial charge in [0.25, 0.3) is 0 Å². The molecule has 0 amide bonds. The second kappa shape index (κ2) is 5.17. The van der Waals surface area contributed by atoms with E-state index in [9.17, 15) is 5.11 Å². The van der Waals surface area contributed by atoms with Crippen molar-refractivity contribution < 1.29 is 5.11 Å². The van der Waals surface area contributed by atoms with Gasteiger partial charge >= 0.3 is 0 Å². The predicted molar refractivity (Wildman–Crippen MR) is 75.0 cm³/mol. The van der Waals surface area contributed by atoms with Gasteiger partial charge in [0.05, 0.1) is 5.69 Å². The van der Waals surface area contributed by atoms with Gasteiger partial charge in [-0.1, -0.05) is 24.3 Å². The summed E-state index contributed by atoms with van der Waals surface area (Å²) in [5, 5.41) is 15.0. The van der Waals surface area contributed by atoms with Crippen LogP contribution in [0.2, 0.25) is 0 Å². The molecule has 19 heavy (non-hydrogen) atoms. The molecule has 2 unspecified atom stereocenters. The molecule has 1 aliphatic rings. The van der Waals surface area contributed by atoms with Gasteiger partial charge in [-0.15, -0.1) is 0 Å². The van der Waals surface area contributed by atoms with Crippen molar-refractivity contribution in [2.75, 3.05) is 0 Å². The zero-order valence-electron chi connectivity index (χ0n) is 11.3. The lowest BCUT2D eigenvalue weighted by Crippen LogP contribution is -2.19. The molecule has 0 saturated heterocycles. The maximum Gasteiger partial charge on any atom is 0.102 e. The van der Waals surface area contributed by atoms with E-state index < -0.39 is 6.10 Å². The van der Waals surface area contributed by atoms with E-state index in [0.717, 1.165) is 31.5 Å². The average Bonchev–Trinajstić information content (AvgIpc) is 2.94. The standard InChI is InChI=1S/C16H20N2O/c1-2-18-15(10-11-17-18)16(19)14-9-5-7-12-6-3-4-8-13(12)14/h3-4,6,8,10-11,14,16,19H,2,5,7,9H2,1H3. The molecule has 1 aliphatic carbocycles. The van der Waals surface area contributed by atoms with Gasteiger partial charge in [0.1, 0.15) is 6.10 Å². The number of hydrogen-bond donors (Lipinski definition) is 1. The first-order valence-corrected chi connectivity index (χ1v) is 7.09. The van der Waals surface area contributed by atoms with E-state index in [4.69, 9.17) is 0 Å². The fourth-order valence-corrected chi connectivity index (χ4v) is 3.18. The van der Waals surface area contributed by atoms with Gasteiger partial charge < -0.3 is 5.11 Å². The van der Waals surface area contributed by atoms with Crippen LogP contribution in [-0.4, -0.2) is 14.9 Å². The Kier molecular flexibility index (Phi) is 3.38. The zero-order chi connectivity index (χ0) is 13.2. The van der Waals surface area contributed by atoms with Crippen molar-refractivity contribution in [1.82, 2.24) is 9.78 Å². The average molecular weight is 256 g/mol. The van der Waals surface area contributed by atoms with Gasteiger partial charge in [0.2, 0.25) is 0 Å². The number of nitrogens with zero attached hydrogens (tertiary/aromatic N) is 2. The molecule has 0 aliphatic heterocycles. The first-order chi connectivity index (χ1) is 9.31. The molecule has 0 radical (unpaired) electrons. The number of aliphatic hydroxyl groups excluding tert-OH is 1. The van der Waals surface area contributed by atoms with Crippen LogP contribution in [0.5, 0.6) is 0 Å². The topological polar surface area (TPSA) is 38.0 Å². The van der Waals surface area contributed by atoms with Crippen molar-refractivity contribution in [2.45, 2.75) is 44.8 Å². The number of benzene rings is 1. The van der Waals surface area contributed by atoms with Gasteiger partial charge in [-0.05, 0) is 43.4 Å². The van der Waals surface area contributed by atoms with Crippen molar-refractivity contribution in [3.8, 4) is 0 Å². The molecule has 0 bridgehead atoms. The highest BCUT2D eigenvalue weighted by Gasteiger charge is 2.29. The Hall–Kier alpha value is -1.61. The molecule has 3 rings (SSSR count). The molecule has 0 saturated carbocycles. The maximum absolute atomic E-state index is 10.7. The molecule has 100 valence electrons. The molecule has 1 N–H and O–H groups in total. The number of aryl methyl sites for hydroxylation is 2. The first-order valence-electron chi connectivity index (χ1n) is 7.09. The molecule has 1 aromatic carbocycles. The highest BCUT2D eigenvalue weighted by Crippen LogP contribution is 2.40. The number of aliphatic hydroxyl groups is 1. The van der Waals surface area contributed by atoms with E-state index in [1.807, 2.05) is 10.7 Å². The van der Waals surface area contributed by atoms with Crippen LogP contribution in [0.4, 0.5) is 0 Å². The zero-order valence-corrected chi connectivity index (χ0v) is 11.3. The third-order valence-electron chi connectivity index (χ3n) is 4.15. The molecule has 3 nitrogen and oxygen atoms in total. The van der Waals surface area contributed by atoms with Crippen LogP contribution in [0.1, 0.15) is 48.6 Å². The summed E-state index contributed by atoms with van der Waals surface area (Å²) in [5.41, 5.74) is 3.63. The van der Waals surface area contributed by atoms with Crippen molar-refractivity contribution in [2.24, 2.45) is 0 Å². The third kappa shape index (κ3) is 2.19. The van der Waals surface area contributed by atoms with E-state index in [0.29, 0.717) is 0 Å². The quantitative estimate of drug-likeness (QED) is 0.916. The van der Waals surface area contributed by atoms with Crippen molar-refractivity contribution in [3.05, 3.63) is 53.3 Å². The van der Waals surface area contributed by atoms with E-state index in [-0.39, 0.29) is 5.92 Å². The normalized spacial score (nSPS) is 20.0. The summed E-state index contributed by atoms with van der Waals surface area (Å²) >= 11 is 0. The van der Waals surface area contributed by atoms with Crippen LogP contribution < -0.4 is 0 Å². The van der Waals surface area contributed by atoms with Crippen molar-refractivity contribution in [1.29, 1.82) is 0 Å². The Labute approximate surface area is 113 Å². The van der Waals surface area contributed by atoms with E-state index in [1.165, 1.54) is 11.1 Å². The second-order valence-corrected chi connectivity index (χ2v) is 5.21. The van der Waals surface area contributed by atoms with Crippen LogP contribution in [-0.2, 0) is 13.0 Å². The number of fused-ring (bicyclic) bond motifs is 1. The highest BCUT2D eigenvalue weighted by atomic mass is 16.3. The van der Waals surface area contributed by atoms with Crippen molar-refractivity contribution >= 4 is 0 Å². The van der Waals surface area contributed by atoms with Gasteiger partial charge in [0.15, 0.2) is 0 Å². The summed E-state index contributed by atoms with van der Waals surface area (Å²) in [6.07, 6.45) is 4.65. The Morgan fingerprint density at radius 3 is 3.05 bits per heavy atom. The SMILES string of the molecule is CCn1nccc1C(O)C1CCCc2ccccc21. The van der Waals surface area contributed by atoms with Crippen LogP contribution in [0.15, 0.2) is 36.5 Å². The second-order valence-electron chi connectivity index (χ2n) is 5.21. The van der Waals surface area contributed by atoms with Gasteiger partial charge in [0, 0.05) is 18.7 Å². The fourth-order valence-electron chi connectivity index (χ4n) is 3.18. The lowest BCUT2D eigenvalue weighted by atomic mass is 9.79. The molecule has 3 heteroatoms. The summed E-state index contributed by atoms with van der Waals surface area (Å²) in [4.78, 5) is 0. The molecule has 2 aromatic rings. The maximum atomic E-state index is 10.7. The van der Waals surface area contributed by atoms with Crippen LogP contribution in [0, 0.1) is 0 Å². The number of hydrogen-bond acceptors (Lipinski definition) is 2. The predicted octanol–water partition coefficient (Wildman–Crippen LogP) is 3.06. The Balaban J connectivity index is 1.95. The minimum atomic E-state index is -0.455. The highest BCUT2D eigenvalue weighted by molar-refractivity contribution is 5.34. The van der Waals surface area contributed by atoms with Gasteiger partial charge in [-0.3, -0.25) is 4.68 Å². The molecule has 2 atom stereocenters. The van der Waals surface area contributed by atoms with Gasteiger partial charge in [-0.25, -0.2) is 0 Å². The van der Waals surface area contributed by atoms with E-state index in [1.54, 1.807) is 6.20 Å². The first kappa shape index (κ1) is 12.4. The minimum Gasteiger partial charge on any atom is -0.386 e. The molecular formula is C16H20N2O. The smallest absolute Gasteiger partial charge is 0.102 e. The van der Waals surface area contributed by atoms with Crippen LogP contribution in [0.3, 0.4) is 0 Å². The molecule has 1 heterocycles. The summed E-state index contributed by atoms with van der Waals surface area (Å²) < 4.78 is 1.89. The monoisotopic (exact) mass is 256 g/mol. The minimum absolute atomic E-state index is 0.201. The molecule has 0 spiro atoms. The molecule has 1 aromatic heterocycles. The van der Waals surface area contributed by atoms with Gasteiger partial charge in [-0.2, -0.15) is 5.10 Å². The Morgan fingerprint density at radius 1 is 1.37 bits per heavy atom. The fraction of sp³-hybridized carbons (Fsp3) is 0.438. The third-order valence-corrected chi connectivity index (χ3v) is 4.15. The van der Waals surface area contributed by atoms with E-state index in [2.05, 4.69) is 36.3 Å². The lowest BCUT2D eigenvalue weighted by molar-refractivity contribution is 0.126. The van der Waals surface area contributed by atoms with Crippen molar-refractivity contribution in [3.63, 3.8) is 0 Å². The van der Waals surface area contributed by atoms with E-state index >= 15 is 0 Å². The van der Waals surface area contributed by atoms with Crippen LogP contribution in [0.25, 0.3) is 0 Å². The van der Waals surface area contributed by atoms with Crippen LogP contribution >= 0.6 is 0 Å². The largest absolute Gasteiger partial charge is 0.386 e. The number of rotatable bonds is 3. The molecule has 0 fully saturated rings. The summed E-state index contributed by atoms with van der Waals surface area (Å²) in [6.45, 7) is 2.85. The Bertz CT molecular complexity index is 561. The summed E-state index contributed by atoms with van der Waals surface area (Å²) in [7, 11) is 0. The lowest BCUT2D eigenvalue weighted by Gasteiger charge is -2.29. The molecular weight excluding hydrogens is 236 g/mol. The summed E-state index contributed by atoms with van der Waals surface area (Å²) in [6, 6.07) is 10.4. The number of aromatic nitrogens is 2. The summed E-state index contributed by atoms with van der Waals surface area (Å²) in [5.74, 6) is 0.201.